The third kappa shape index (κ3) is 3.36. The number of hydrogen-bond donors (Lipinski definition) is 1. The molecule has 0 saturated heterocycles. The third-order valence-corrected chi connectivity index (χ3v) is 4.73. The minimum atomic E-state index is 0.0893. The monoisotopic (exact) mass is 279 g/mol. The number of nitrogens with two attached hydrogens (primary N) is 1. The Morgan fingerprint density at radius 1 is 0.905 bits per heavy atom. The molecule has 2 aromatic rings. The molecule has 2 N–H and O–H groups in total. The lowest BCUT2D eigenvalue weighted by molar-refractivity contribution is 0.443. The highest BCUT2D eigenvalue weighted by molar-refractivity contribution is 5.64. The van der Waals surface area contributed by atoms with Crippen molar-refractivity contribution in [1.82, 2.24) is 0 Å². The standard InChI is InChI=1S/C20H25N/c1-15(21)19-8-5-9-20(14-19)18-12-10-17(11-13-18)16-6-3-2-4-7-16/h5,8-16H,2-4,6-7,21H2,1H3. The fourth-order valence-corrected chi connectivity index (χ4v) is 3.39. The highest BCUT2D eigenvalue weighted by atomic mass is 14.6. The number of hydrogen-bond acceptors (Lipinski definition) is 1. The molecule has 1 fully saturated rings. The van der Waals surface area contributed by atoms with E-state index < -0.39 is 0 Å². The van der Waals surface area contributed by atoms with E-state index >= 15 is 0 Å². The van der Waals surface area contributed by atoms with Gasteiger partial charge in [-0.15, -0.1) is 0 Å². The fraction of sp³-hybridized carbons (Fsp3) is 0.400. The second-order valence-corrected chi connectivity index (χ2v) is 6.37. The lowest BCUT2D eigenvalue weighted by Gasteiger charge is -2.22. The normalized spacial score (nSPS) is 17.6. The Morgan fingerprint density at radius 2 is 1.62 bits per heavy atom. The van der Waals surface area contributed by atoms with Crippen molar-refractivity contribution in [2.45, 2.75) is 51.0 Å². The van der Waals surface area contributed by atoms with Crippen molar-refractivity contribution in [2.75, 3.05) is 0 Å². The summed E-state index contributed by atoms with van der Waals surface area (Å²) in [6.07, 6.45) is 6.92. The minimum Gasteiger partial charge on any atom is -0.324 e. The highest BCUT2D eigenvalue weighted by Gasteiger charge is 2.15. The zero-order chi connectivity index (χ0) is 14.7. The molecule has 0 heterocycles. The molecule has 3 rings (SSSR count). The van der Waals surface area contributed by atoms with Crippen LogP contribution in [0, 0.1) is 0 Å². The van der Waals surface area contributed by atoms with Gasteiger partial charge >= 0.3 is 0 Å². The molecule has 1 nitrogen and oxygen atoms in total. The van der Waals surface area contributed by atoms with Crippen LogP contribution in [0.1, 0.15) is 62.1 Å². The summed E-state index contributed by atoms with van der Waals surface area (Å²) in [4.78, 5) is 0. The largest absolute Gasteiger partial charge is 0.324 e. The van der Waals surface area contributed by atoms with Crippen molar-refractivity contribution in [3.8, 4) is 11.1 Å². The molecule has 1 heteroatoms. The van der Waals surface area contributed by atoms with Gasteiger partial charge in [0.05, 0.1) is 0 Å². The van der Waals surface area contributed by atoms with Gasteiger partial charge in [-0.25, -0.2) is 0 Å². The van der Waals surface area contributed by atoms with Crippen molar-refractivity contribution in [1.29, 1.82) is 0 Å². The van der Waals surface area contributed by atoms with E-state index in [1.807, 2.05) is 6.92 Å². The molecule has 1 atom stereocenters. The van der Waals surface area contributed by atoms with Gasteiger partial charge in [0.1, 0.15) is 0 Å². The second kappa shape index (κ2) is 6.44. The Kier molecular flexibility index (Phi) is 4.40. The van der Waals surface area contributed by atoms with Crippen LogP contribution >= 0.6 is 0 Å². The molecule has 1 aliphatic carbocycles. The summed E-state index contributed by atoms with van der Waals surface area (Å²) < 4.78 is 0. The van der Waals surface area contributed by atoms with Gasteiger partial charge in [0.15, 0.2) is 0 Å². The molecule has 21 heavy (non-hydrogen) atoms. The van der Waals surface area contributed by atoms with Crippen molar-refractivity contribution in [3.63, 3.8) is 0 Å². The molecule has 0 aromatic heterocycles. The molecule has 2 aromatic carbocycles. The van der Waals surface area contributed by atoms with Gasteiger partial charge in [-0.3, -0.25) is 0 Å². The zero-order valence-electron chi connectivity index (χ0n) is 12.9. The smallest absolute Gasteiger partial charge is 0.0266 e. The van der Waals surface area contributed by atoms with Crippen LogP contribution in [0.4, 0.5) is 0 Å². The van der Waals surface area contributed by atoms with E-state index in [4.69, 9.17) is 5.73 Å². The molecule has 0 radical (unpaired) electrons. The maximum atomic E-state index is 5.98. The predicted molar refractivity (Wildman–Crippen MR) is 90.3 cm³/mol. The van der Waals surface area contributed by atoms with E-state index in [-0.39, 0.29) is 6.04 Å². The summed E-state index contributed by atoms with van der Waals surface area (Å²) in [6, 6.07) is 17.9. The highest BCUT2D eigenvalue weighted by Crippen LogP contribution is 2.33. The van der Waals surface area contributed by atoms with Crippen LogP contribution < -0.4 is 5.73 Å². The van der Waals surface area contributed by atoms with Gasteiger partial charge in [0.25, 0.3) is 0 Å². The molecular formula is C20H25N. The Bertz CT molecular complexity index is 577. The first-order chi connectivity index (χ1) is 10.2. The quantitative estimate of drug-likeness (QED) is 0.797. The van der Waals surface area contributed by atoms with Crippen LogP contribution in [-0.2, 0) is 0 Å². The summed E-state index contributed by atoms with van der Waals surface area (Å²) in [7, 11) is 0. The number of benzene rings is 2. The maximum Gasteiger partial charge on any atom is 0.0266 e. The Labute approximate surface area is 128 Å². The number of rotatable bonds is 3. The van der Waals surface area contributed by atoms with Crippen LogP contribution in [0.5, 0.6) is 0 Å². The van der Waals surface area contributed by atoms with Crippen molar-refractivity contribution >= 4 is 0 Å². The zero-order valence-corrected chi connectivity index (χ0v) is 12.9. The molecule has 0 spiro atoms. The Hall–Kier alpha value is -1.60. The molecule has 1 aliphatic rings. The lowest BCUT2D eigenvalue weighted by Crippen LogP contribution is -2.05. The van der Waals surface area contributed by atoms with E-state index in [0.717, 1.165) is 5.92 Å². The van der Waals surface area contributed by atoms with Crippen molar-refractivity contribution in [3.05, 3.63) is 59.7 Å². The van der Waals surface area contributed by atoms with E-state index in [2.05, 4.69) is 48.5 Å². The summed E-state index contributed by atoms with van der Waals surface area (Å²) in [6.45, 7) is 2.03. The van der Waals surface area contributed by atoms with Gasteiger partial charge in [-0.1, -0.05) is 61.7 Å². The molecule has 110 valence electrons. The Balaban J connectivity index is 1.81. The molecule has 0 bridgehead atoms. The molecule has 1 unspecified atom stereocenters. The van der Waals surface area contributed by atoms with Crippen LogP contribution in [-0.4, -0.2) is 0 Å². The SMILES string of the molecule is CC(N)c1cccc(-c2ccc(C3CCCCC3)cc2)c1. The summed E-state index contributed by atoms with van der Waals surface area (Å²) in [5.74, 6) is 0.781. The van der Waals surface area contributed by atoms with Crippen molar-refractivity contribution < 1.29 is 0 Å². The first kappa shape index (κ1) is 14.3. The van der Waals surface area contributed by atoms with Crippen molar-refractivity contribution in [2.24, 2.45) is 5.73 Å². The summed E-state index contributed by atoms with van der Waals surface area (Å²) >= 11 is 0. The van der Waals surface area contributed by atoms with Gasteiger partial charge in [-0.05, 0) is 54.0 Å². The third-order valence-electron chi connectivity index (χ3n) is 4.73. The van der Waals surface area contributed by atoms with E-state index in [9.17, 15) is 0 Å². The molecular weight excluding hydrogens is 254 g/mol. The van der Waals surface area contributed by atoms with Gasteiger partial charge in [0, 0.05) is 6.04 Å². The summed E-state index contributed by atoms with van der Waals surface area (Å²) in [5, 5.41) is 0. The second-order valence-electron chi connectivity index (χ2n) is 6.37. The van der Waals surface area contributed by atoms with E-state index in [1.54, 1.807) is 0 Å². The Morgan fingerprint density at radius 3 is 2.29 bits per heavy atom. The predicted octanol–water partition coefficient (Wildman–Crippen LogP) is 5.42. The maximum absolute atomic E-state index is 5.98. The minimum absolute atomic E-state index is 0.0893. The fourth-order valence-electron chi connectivity index (χ4n) is 3.39. The van der Waals surface area contributed by atoms with Gasteiger partial charge in [0.2, 0.25) is 0 Å². The lowest BCUT2D eigenvalue weighted by atomic mass is 9.83. The first-order valence-electron chi connectivity index (χ1n) is 8.20. The van der Waals surface area contributed by atoms with Crippen LogP contribution in [0.25, 0.3) is 11.1 Å². The average molecular weight is 279 g/mol. The summed E-state index contributed by atoms with van der Waals surface area (Å²) in [5.41, 5.74) is 11.2. The van der Waals surface area contributed by atoms with E-state index in [1.165, 1.54) is 54.4 Å². The topological polar surface area (TPSA) is 26.0 Å². The van der Waals surface area contributed by atoms with Crippen LogP contribution in [0.2, 0.25) is 0 Å². The first-order valence-corrected chi connectivity index (χ1v) is 8.20. The van der Waals surface area contributed by atoms with Crippen LogP contribution in [0.15, 0.2) is 48.5 Å². The molecule has 0 aliphatic heterocycles. The van der Waals surface area contributed by atoms with Crippen LogP contribution in [0.3, 0.4) is 0 Å². The van der Waals surface area contributed by atoms with Gasteiger partial charge < -0.3 is 5.73 Å². The molecule has 0 amide bonds. The van der Waals surface area contributed by atoms with E-state index in [0.29, 0.717) is 0 Å². The molecule has 1 saturated carbocycles. The average Bonchev–Trinajstić information content (AvgIpc) is 2.56. The van der Waals surface area contributed by atoms with Gasteiger partial charge in [-0.2, -0.15) is 0 Å².